The van der Waals surface area contributed by atoms with Crippen molar-refractivity contribution >= 4 is 35.4 Å². The standard InChI is InChI=1S/C16H20N6O3S/c1-2-19-16(25)21-10-6-3-8(7-20-10)15-22(9-4-5-9)11(13(17)23)12(26-15)14(18)24/h3,6-7,9,15H,2,4-5H2,1H3,(H2,17,23)(H2,18,24)(H2,19,20,21,25). The van der Waals surface area contributed by atoms with Crippen LogP contribution in [0.15, 0.2) is 28.9 Å². The third-order valence-corrected chi connectivity index (χ3v) is 5.36. The van der Waals surface area contributed by atoms with E-state index in [1.54, 1.807) is 18.3 Å². The van der Waals surface area contributed by atoms with Gasteiger partial charge in [-0.05, 0) is 25.8 Å². The molecule has 3 rings (SSSR count). The van der Waals surface area contributed by atoms with Crippen LogP contribution in [0.3, 0.4) is 0 Å². The summed E-state index contributed by atoms with van der Waals surface area (Å²) in [7, 11) is 0. The van der Waals surface area contributed by atoms with Crippen molar-refractivity contribution in [2.24, 2.45) is 11.5 Å². The summed E-state index contributed by atoms with van der Waals surface area (Å²) in [5, 5.41) is 4.93. The van der Waals surface area contributed by atoms with E-state index in [2.05, 4.69) is 15.6 Å². The average molecular weight is 376 g/mol. The highest BCUT2D eigenvalue weighted by Gasteiger charge is 2.45. The van der Waals surface area contributed by atoms with E-state index in [1.165, 1.54) is 11.8 Å². The first-order valence-electron chi connectivity index (χ1n) is 8.22. The summed E-state index contributed by atoms with van der Waals surface area (Å²) in [5.74, 6) is -0.929. The minimum atomic E-state index is -0.667. The molecular weight excluding hydrogens is 356 g/mol. The SMILES string of the molecule is CCNC(=O)Nc1ccc(C2SC(C(N)=O)=C(C(N)=O)N2C2CC2)cn1. The summed E-state index contributed by atoms with van der Waals surface area (Å²) in [6, 6.07) is 3.28. The van der Waals surface area contributed by atoms with Gasteiger partial charge >= 0.3 is 6.03 Å². The number of carbonyl (C=O) groups is 3. The Morgan fingerprint density at radius 3 is 2.50 bits per heavy atom. The number of rotatable bonds is 6. The average Bonchev–Trinajstić information content (AvgIpc) is 3.34. The van der Waals surface area contributed by atoms with Gasteiger partial charge in [-0.2, -0.15) is 0 Å². The summed E-state index contributed by atoms with van der Waals surface area (Å²) in [4.78, 5) is 41.5. The molecule has 9 nitrogen and oxygen atoms in total. The minimum Gasteiger partial charge on any atom is -0.365 e. The molecule has 1 saturated carbocycles. The zero-order chi connectivity index (χ0) is 18.8. The quantitative estimate of drug-likeness (QED) is 0.573. The Morgan fingerprint density at radius 1 is 1.27 bits per heavy atom. The molecule has 0 spiro atoms. The molecule has 138 valence electrons. The molecule has 1 atom stereocenters. The molecule has 0 saturated heterocycles. The van der Waals surface area contributed by atoms with Gasteiger partial charge < -0.3 is 21.7 Å². The van der Waals surface area contributed by atoms with Gasteiger partial charge in [0.25, 0.3) is 11.8 Å². The fourth-order valence-electron chi connectivity index (χ4n) is 2.77. The largest absolute Gasteiger partial charge is 0.365 e. The number of pyridine rings is 1. The van der Waals surface area contributed by atoms with Gasteiger partial charge in [-0.15, -0.1) is 0 Å². The lowest BCUT2D eigenvalue weighted by molar-refractivity contribution is -0.118. The fourth-order valence-corrected chi connectivity index (χ4v) is 4.10. The van der Waals surface area contributed by atoms with Crippen molar-refractivity contribution in [1.29, 1.82) is 0 Å². The van der Waals surface area contributed by atoms with E-state index in [-0.39, 0.29) is 28.0 Å². The van der Waals surface area contributed by atoms with Gasteiger partial charge in [-0.1, -0.05) is 17.8 Å². The van der Waals surface area contributed by atoms with Crippen LogP contribution in [0.1, 0.15) is 30.7 Å². The second kappa shape index (κ2) is 7.24. The highest BCUT2D eigenvalue weighted by Crippen LogP contribution is 2.52. The van der Waals surface area contributed by atoms with Crippen LogP contribution in [0.2, 0.25) is 0 Å². The lowest BCUT2D eigenvalue weighted by Crippen LogP contribution is -2.33. The van der Waals surface area contributed by atoms with E-state index in [9.17, 15) is 14.4 Å². The topological polar surface area (TPSA) is 143 Å². The number of anilines is 1. The molecule has 6 N–H and O–H groups in total. The second-order valence-electron chi connectivity index (χ2n) is 5.98. The van der Waals surface area contributed by atoms with Crippen LogP contribution < -0.4 is 22.1 Å². The molecule has 0 bridgehead atoms. The molecule has 0 aromatic carbocycles. The number of thioether (sulfide) groups is 1. The second-order valence-corrected chi connectivity index (χ2v) is 7.07. The number of amides is 4. The predicted octanol–water partition coefficient (Wildman–Crippen LogP) is 0.615. The summed E-state index contributed by atoms with van der Waals surface area (Å²) in [6.45, 7) is 2.33. The lowest BCUT2D eigenvalue weighted by atomic mass is 10.2. The number of hydrogen-bond acceptors (Lipinski definition) is 6. The van der Waals surface area contributed by atoms with Crippen molar-refractivity contribution in [2.75, 3.05) is 11.9 Å². The maximum atomic E-state index is 11.9. The van der Waals surface area contributed by atoms with Crippen LogP contribution in [-0.2, 0) is 9.59 Å². The molecule has 1 aliphatic heterocycles. The van der Waals surface area contributed by atoms with Gasteiger partial charge in [0.1, 0.15) is 21.8 Å². The number of nitrogens with one attached hydrogen (secondary N) is 2. The lowest BCUT2D eigenvalue weighted by Gasteiger charge is -2.27. The zero-order valence-corrected chi connectivity index (χ0v) is 15.0. The van der Waals surface area contributed by atoms with Crippen LogP contribution in [0, 0.1) is 0 Å². The first-order chi connectivity index (χ1) is 12.4. The predicted molar refractivity (Wildman–Crippen MR) is 97.5 cm³/mol. The Kier molecular flexibility index (Phi) is 5.03. The van der Waals surface area contributed by atoms with Gasteiger partial charge in [0.15, 0.2) is 0 Å². The Labute approximate surface area is 154 Å². The van der Waals surface area contributed by atoms with Gasteiger partial charge in [-0.25, -0.2) is 9.78 Å². The number of aromatic nitrogens is 1. The number of primary amides is 2. The molecule has 2 heterocycles. The molecule has 1 aliphatic carbocycles. The highest BCUT2D eigenvalue weighted by molar-refractivity contribution is 8.04. The summed E-state index contributed by atoms with van der Waals surface area (Å²) in [6.07, 6.45) is 3.45. The van der Waals surface area contributed by atoms with E-state index in [4.69, 9.17) is 11.5 Å². The Morgan fingerprint density at radius 2 is 2.00 bits per heavy atom. The first kappa shape index (κ1) is 18.1. The number of nitrogens with two attached hydrogens (primary N) is 2. The van der Waals surface area contributed by atoms with Gasteiger partial charge in [0.2, 0.25) is 0 Å². The van der Waals surface area contributed by atoms with Crippen molar-refractivity contribution in [3.8, 4) is 0 Å². The van der Waals surface area contributed by atoms with Gasteiger partial charge in [-0.3, -0.25) is 14.9 Å². The summed E-state index contributed by atoms with van der Waals surface area (Å²) < 4.78 is 0. The van der Waals surface area contributed by atoms with Crippen molar-refractivity contribution < 1.29 is 14.4 Å². The maximum absolute atomic E-state index is 11.9. The van der Waals surface area contributed by atoms with Crippen molar-refractivity contribution in [3.05, 3.63) is 34.5 Å². The Hall–Kier alpha value is -2.75. The Balaban J connectivity index is 1.84. The maximum Gasteiger partial charge on any atom is 0.320 e. The molecular formula is C16H20N6O3S. The number of nitrogens with zero attached hydrogens (tertiary/aromatic N) is 2. The van der Waals surface area contributed by atoms with Crippen LogP contribution in [0.4, 0.5) is 10.6 Å². The minimum absolute atomic E-state index is 0.153. The molecule has 10 heteroatoms. The third-order valence-electron chi connectivity index (χ3n) is 4.00. The Bertz CT molecular complexity index is 775. The summed E-state index contributed by atoms with van der Waals surface area (Å²) in [5.41, 5.74) is 11.9. The van der Waals surface area contributed by atoms with E-state index >= 15 is 0 Å². The monoisotopic (exact) mass is 376 g/mol. The van der Waals surface area contributed by atoms with Crippen molar-refractivity contribution in [2.45, 2.75) is 31.2 Å². The molecule has 1 unspecified atom stereocenters. The fraction of sp³-hybridized carbons (Fsp3) is 0.375. The highest BCUT2D eigenvalue weighted by atomic mass is 32.2. The zero-order valence-electron chi connectivity index (χ0n) is 14.2. The molecule has 2 aliphatic rings. The van der Waals surface area contributed by atoms with Crippen LogP contribution in [0.25, 0.3) is 0 Å². The van der Waals surface area contributed by atoms with Crippen LogP contribution in [0.5, 0.6) is 0 Å². The third kappa shape index (κ3) is 3.59. The number of hydrogen-bond donors (Lipinski definition) is 4. The number of urea groups is 1. The van der Waals surface area contributed by atoms with Crippen molar-refractivity contribution in [3.63, 3.8) is 0 Å². The normalized spacial score (nSPS) is 19.4. The number of carbonyl (C=O) groups excluding carboxylic acids is 3. The summed E-state index contributed by atoms with van der Waals surface area (Å²) >= 11 is 1.20. The van der Waals surface area contributed by atoms with Gasteiger partial charge in [0.05, 0.1) is 0 Å². The van der Waals surface area contributed by atoms with Crippen LogP contribution in [-0.4, -0.2) is 40.3 Å². The smallest absolute Gasteiger partial charge is 0.320 e. The first-order valence-corrected chi connectivity index (χ1v) is 9.10. The molecule has 1 fully saturated rings. The van der Waals surface area contributed by atoms with E-state index in [0.29, 0.717) is 12.4 Å². The van der Waals surface area contributed by atoms with E-state index < -0.39 is 11.8 Å². The molecule has 0 radical (unpaired) electrons. The van der Waals surface area contributed by atoms with Crippen LogP contribution >= 0.6 is 11.8 Å². The molecule has 26 heavy (non-hydrogen) atoms. The van der Waals surface area contributed by atoms with E-state index in [1.807, 2.05) is 11.8 Å². The van der Waals surface area contributed by atoms with Gasteiger partial charge in [0, 0.05) is 24.3 Å². The van der Waals surface area contributed by atoms with E-state index in [0.717, 1.165) is 18.4 Å². The molecule has 1 aromatic heterocycles. The molecule has 4 amide bonds. The molecule has 1 aromatic rings. The van der Waals surface area contributed by atoms with Crippen molar-refractivity contribution in [1.82, 2.24) is 15.2 Å².